The van der Waals surface area contributed by atoms with Crippen molar-refractivity contribution < 1.29 is 27.1 Å². The van der Waals surface area contributed by atoms with Gasteiger partial charge in [0, 0.05) is 18.8 Å². The van der Waals surface area contributed by atoms with Crippen molar-refractivity contribution in [2.24, 2.45) is 0 Å². The molecule has 0 saturated carbocycles. The SMILES string of the molecule is COc1ccc(S(=O)(=O)N2CCOCC2)cc1C(=O)Nc1ccc(F)cc1. The summed E-state index contributed by atoms with van der Waals surface area (Å²) < 4.78 is 50.3. The summed E-state index contributed by atoms with van der Waals surface area (Å²) in [6.45, 7) is 1.16. The number of anilines is 1. The standard InChI is InChI=1S/C18H19FN2O5S/c1-25-17-7-6-15(27(23,24)21-8-10-26-11-9-21)12-16(17)18(22)20-14-4-2-13(19)3-5-14/h2-7,12H,8-11H2,1H3,(H,20,22). The zero-order valence-electron chi connectivity index (χ0n) is 14.6. The van der Waals surface area contributed by atoms with Gasteiger partial charge >= 0.3 is 0 Å². The first-order valence-electron chi connectivity index (χ1n) is 8.24. The van der Waals surface area contributed by atoms with E-state index in [1.807, 2.05) is 0 Å². The van der Waals surface area contributed by atoms with Crippen LogP contribution in [0.1, 0.15) is 10.4 Å². The van der Waals surface area contributed by atoms with E-state index in [1.54, 1.807) is 0 Å². The molecule has 0 unspecified atom stereocenters. The van der Waals surface area contributed by atoms with Crippen LogP contribution in [-0.4, -0.2) is 52.0 Å². The van der Waals surface area contributed by atoms with Gasteiger partial charge in [-0.2, -0.15) is 4.31 Å². The summed E-state index contributed by atoms with van der Waals surface area (Å²) in [7, 11) is -2.36. The molecule has 0 aromatic heterocycles. The van der Waals surface area contributed by atoms with Crippen molar-refractivity contribution in [3.8, 4) is 5.75 Å². The molecule has 0 spiro atoms. The van der Waals surface area contributed by atoms with Crippen molar-refractivity contribution in [1.82, 2.24) is 4.31 Å². The number of nitrogens with one attached hydrogen (secondary N) is 1. The molecule has 1 N–H and O–H groups in total. The summed E-state index contributed by atoms with van der Waals surface area (Å²) >= 11 is 0. The molecule has 0 radical (unpaired) electrons. The smallest absolute Gasteiger partial charge is 0.259 e. The van der Waals surface area contributed by atoms with E-state index in [1.165, 1.54) is 53.9 Å². The van der Waals surface area contributed by atoms with Gasteiger partial charge in [-0.25, -0.2) is 12.8 Å². The van der Waals surface area contributed by atoms with Crippen LogP contribution < -0.4 is 10.1 Å². The van der Waals surface area contributed by atoms with Gasteiger partial charge in [-0.15, -0.1) is 0 Å². The number of amides is 1. The molecule has 144 valence electrons. The number of carbonyl (C=O) groups excluding carboxylic acids is 1. The van der Waals surface area contributed by atoms with Gasteiger partial charge in [0.15, 0.2) is 0 Å². The molecular formula is C18H19FN2O5S. The van der Waals surface area contributed by atoms with Crippen molar-refractivity contribution in [1.29, 1.82) is 0 Å². The highest BCUT2D eigenvalue weighted by Gasteiger charge is 2.28. The van der Waals surface area contributed by atoms with Crippen molar-refractivity contribution in [3.05, 3.63) is 53.8 Å². The maximum absolute atomic E-state index is 13.0. The topological polar surface area (TPSA) is 84.9 Å². The summed E-state index contributed by atoms with van der Waals surface area (Å²) in [6.07, 6.45) is 0. The average Bonchev–Trinajstić information content (AvgIpc) is 2.69. The Morgan fingerprint density at radius 1 is 1.15 bits per heavy atom. The minimum atomic E-state index is -3.75. The Balaban J connectivity index is 1.91. The van der Waals surface area contributed by atoms with Crippen molar-refractivity contribution in [2.45, 2.75) is 4.90 Å². The second-order valence-corrected chi connectivity index (χ2v) is 7.78. The second-order valence-electron chi connectivity index (χ2n) is 5.84. The number of hydrogen-bond acceptors (Lipinski definition) is 5. The summed E-state index contributed by atoms with van der Waals surface area (Å²) in [6, 6.07) is 9.37. The molecular weight excluding hydrogens is 375 g/mol. The summed E-state index contributed by atoms with van der Waals surface area (Å²) in [5.41, 5.74) is 0.445. The molecule has 3 rings (SSSR count). The lowest BCUT2D eigenvalue weighted by Crippen LogP contribution is -2.40. The molecule has 0 bridgehead atoms. The van der Waals surface area contributed by atoms with Gasteiger partial charge in [0.2, 0.25) is 10.0 Å². The first kappa shape index (κ1) is 19.3. The van der Waals surface area contributed by atoms with Crippen LogP contribution in [-0.2, 0) is 14.8 Å². The van der Waals surface area contributed by atoms with Crippen molar-refractivity contribution in [2.75, 3.05) is 38.7 Å². The third-order valence-electron chi connectivity index (χ3n) is 4.13. The molecule has 27 heavy (non-hydrogen) atoms. The number of sulfonamides is 1. The van der Waals surface area contributed by atoms with Crippen LogP contribution in [0.4, 0.5) is 10.1 Å². The minimum Gasteiger partial charge on any atom is -0.496 e. The number of benzene rings is 2. The van der Waals surface area contributed by atoms with Crippen LogP contribution in [0.25, 0.3) is 0 Å². The van der Waals surface area contributed by atoms with Crippen molar-refractivity contribution >= 4 is 21.6 Å². The predicted octanol–water partition coefficient (Wildman–Crippen LogP) is 2.11. The summed E-state index contributed by atoms with van der Waals surface area (Å²) in [5.74, 6) is -0.753. The normalized spacial score (nSPS) is 15.3. The third-order valence-corrected chi connectivity index (χ3v) is 6.02. The van der Waals surface area contributed by atoms with Gasteiger partial charge in [0.05, 0.1) is 30.8 Å². The Kier molecular flexibility index (Phi) is 5.73. The third kappa shape index (κ3) is 4.26. The highest BCUT2D eigenvalue weighted by molar-refractivity contribution is 7.89. The lowest BCUT2D eigenvalue weighted by atomic mass is 10.2. The van der Waals surface area contributed by atoms with E-state index >= 15 is 0 Å². The van der Waals surface area contributed by atoms with Crippen LogP contribution >= 0.6 is 0 Å². The molecule has 1 saturated heterocycles. The molecule has 1 aliphatic rings. The number of morpholine rings is 1. The Bertz CT molecular complexity index is 925. The first-order chi connectivity index (χ1) is 12.9. The molecule has 1 heterocycles. The van der Waals surface area contributed by atoms with Crippen LogP contribution in [0, 0.1) is 5.82 Å². The number of ether oxygens (including phenoxy) is 2. The molecule has 1 aliphatic heterocycles. The van der Waals surface area contributed by atoms with Gasteiger partial charge in [0.25, 0.3) is 5.91 Å². The summed E-state index contributed by atoms with van der Waals surface area (Å²) in [5, 5.41) is 2.60. The zero-order chi connectivity index (χ0) is 19.4. The van der Waals surface area contributed by atoms with E-state index in [0.29, 0.717) is 18.9 Å². The van der Waals surface area contributed by atoms with Crippen LogP contribution in [0.2, 0.25) is 0 Å². The van der Waals surface area contributed by atoms with E-state index in [2.05, 4.69) is 5.32 Å². The van der Waals surface area contributed by atoms with Crippen molar-refractivity contribution in [3.63, 3.8) is 0 Å². The molecule has 2 aromatic carbocycles. The zero-order valence-corrected chi connectivity index (χ0v) is 15.5. The number of methoxy groups -OCH3 is 1. The Morgan fingerprint density at radius 3 is 2.44 bits per heavy atom. The molecule has 1 fully saturated rings. The number of halogens is 1. The molecule has 0 atom stereocenters. The van der Waals surface area contributed by atoms with E-state index in [0.717, 1.165) is 0 Å². The number of rotatable bonds is 5. The quantitative estimate of drug-likeness (QED) is 0.840. The Labute approximate surface area is 156 Å². The Morgan fingerprint density at radius 2 is 1.81 bits per heavy atom. The molecule has 2 aromatic rings. The molecule has 9 heteroatoms. The van der Waals surface area contributed by atoms with E-state index < -0.39 is 21.7 Å². The predicted molar refractivity (Wildman–Crippen MR) is 96.9 cm³/mol. The highest BCUT2D eigenvalue weighted by Crippen LogP contribution is 2.26. The molecule has 0 aliphatic carbocycles. The van der Waals surface area contributed by atoms with Gasteiger partial charge in [-0.3, -0.25) is 4.79 Å². The van der Waals surface area contributed by atoms with Gasteiger partial charge in [-0.1, -0.05) is 0 Å². The van der Waals surface area contributed by atoms with Gasteiger partial charge < -0.3 is 14.8 Å². The number of carbonyl (C=O) groups is 1. The maximum atomic E-state index is 13.0. The van der Waals surface area contributed by atoms with Crippen LogP contribution in [0.15, 0.2) is 47.4 Å². The minimum absolute atomic E-state index is 0.00513. The maximum Gasteiger partial charge on any atom is 0.259 e. The van der Waals surface area contributed by atoms with E-state index in [9.17, 15) is 17.6 Å². The fraction of sp³-hybridized carbons (Fsp3) is 0.278. The lowest BCUT2D eigenvalue weighted by Gasteiger charge is -2.26. The van der Waals surface area contributed by atoms with Crippen LogP contribution in [0.5, 0.6) is 5.75 Å². The molecule has 7 nitrogen and oxygen atoms in total. The first-order valence-corrected chi connectivity index (χ1v) is 9.68. The largest absolute Gasteiger partial charge is 0.496 e. The fourth-order valence-electron chi connectivity index (χ4n) is 2.69. The van der Waals surface area contributed by atoms with Crippen LogP contribution in [0.3, 0.4) is 0 Å². The second kappa shape index (κ2) is 8.03. The van der Waals surface area contributed by atoms with Gasteiger partial charge in [-0.05, 0) is 42.5 Å². The summed E-state index contributed by atoms with van der Waals surface area (Å²) in [4.78, 5) is 12.6. The number of nitrogens with zero attached hydrogens (tertiary/aromatic N) is 1. The van der Waals surface area contributed by atoms with E-state index in [4.69, 9.17) is 9.47 Å². The number of hydrogen-bond donors (Lipinski definition) is 1. The fourth-order valence-corrected chi connectivity index (χ4v) is 4.13. The average molecular weight is 394 g/mol. The highest BCUT2D eigenvalue weighted by atomic mass is 32.2. The molecule has 1 amide bonds. The Hall–Kier alpha value is -2.49. The van der Waals surface area contributed by atoms with Gasteiger partial charge in [0.1, 0.15) is 11.6 Å². The monoisotopic (exact) mass is 394 g/mol. The lowest BCUT2D eigenvalue weighted by molar-refractivity contribution is 0.0730. The van der Waals surface area contributed by atoms with E-state index in [-0.39, 0.29) is 29.3 Å².